The fourth-order valence-electron chi connectivity index (χ4n) is 6.70. The molecule has 40 heavy (non-hydrogen) atoms. The summed E-state index contributed by atoms with van der Waals surface area (Å²) in [5, 5.41) is 4.89. The lowest BCUT2D eigenvalue weighted by Gasteiger charge is -2.47. The predicted octanol–water partition coefficient (Wildman–Crippen LogP) is 4.02. The second kappa shape index (κ2) is 14.1. The first-order chi connectivity index (χ1) is 18.3. The highest BCUT2D eigenvalue weighted by Crippen LogP contribution is 2.36. The van der Waals surface area contributed by atoms with E-state index in [1.54, 1.807) is 19.1 Å². The van der Waals surface area contributed by atoms with Crippen molar-refractivity contribution in [2.75, 3.05) is 26.7 Å². The first kappa shape index (κ1) is 32.3. The minimum Gasteiger partial charge on any atom is -0.368 e. The van der Waals surface area contributed by atoms with Gasteiger partial charge in [-0.15, -0.1) is 24.8 Å². The van der Waals surface area contributed by atoms with E-state index in [9.17, 15) is 14.0 Å². The number of carbonyl (C=O) groups is 2. The third kappa shape index (κ3) is 6.98. The molecule has 2 amide bonds. The number of hydrogen-bond acceptors (Lipinski definition) is 5. The zero-order valence-electron chi connectivity index (χ0n) is 23.5. The average Bonchev–Trinajstić information content (AvgIpc) is 3.58. The smallest absolute Gasteiger partial charge is 0.240 e. The Labute approximate surface area is 249 Å². The van der Waals surface area contributed by atoms with E-state index in [0.717, 1.165) is 62.9 Å². The number of carbonyl (C=O) groups excluding carboxylic acids is 2. The summed E-state index contributed by atoms with van der Waals surface area (Å²) >= 11 is 0. The third-order valence-corrected chi connectivity index (χ3v) is 9.04. The fourth-order valence-corrected chi connectivity index (χ4v) is 6.70. The van der Waals surface area contributed by atoms with E-state index >= 15 is 0 Å². The van der Waals surface area contributed by atoms with E-state index < -0.39 is 11.9 Å². The van der Waals surface area contributed by atoms with Gasteiger partial charge in [-0.05, 0) is 75.9 Å². The number of halogens is 3. The van der Waals surface area contributed by atoms with Crippen LogP contribution in [-0.4, -0.2) is 81.1 Å². The van der Waals surface area contributed by atoms with Crippen LogP contribution >= 0.6 is 24.8 Å². The minimum atomic E-state index is -0.521. The Hall–Kier alpha value is -2.20. The number of likely N-dealkylation sites (N-methyl/N-ethyl adjacent to an activating group) is 1. The Morgan fingerprint density at radius 2 is 1.75 bits per heavy atom. The summed E-state index contributed by atoms with van der Waals surface area (Å²) in [5.74, 6) is -0.356. The number of fused-ring (bicyclic) bond motifs is 1. The molecule has 0 unspecified atom stereocenters. The van der Waals surface area contributed by atoms with Crippen molar-refractivity contribution in [3.8, 4) is 0 Å². The van der Waals surface area contributed by atoms with Crippen molar-refractivity contribution in [3.05, 3.63) is 53.6 Å². The lowest BCUT2D eigenvalue weighted by atomic mass is 9.82. The number of nitrogens with zero attached hydrogens (tertiary/aromatic N) is 5. The molecule has 4 atom stereocenters. The standard InChI is InChI=1S/C29H41FN6O2.2ClH/c1-20(28(31)37)33(2)27(22-7-4-3-5-8-22)29(38)36-18-24-9-6-15-34(24)19-26(36)25-14-16-35(32-25)17-21-10-12-23(30)13-11-21;;/h10-14,16,20,22,24,26-27H,3-9,15,17-19H2,1-2H3,(H2,31,37);2*1H/t20-,24+,26-,27-;;/m0../s1. The lowest BCUT2D eigenvalue weighted by molar-refractivity contribution is -0.147. The number of primary amides is 1. The van der Waals surface area contributed by atoms with E-state index in [1.807, 2.05) is 28.9 Å². The summed E-state index contributed by atoms with van der Waals surface area (Å²) in [7, 11) is 1.88. The number of nitrogens with two attached hydrogens (primary N) is 1. The highest BCUT2D eigenvalue weighted by molar-refractivity contribution is 5.86. The van der Waals surface area contributed by atoms with E-state index in [1.165, 1.54) is 18.6 Å². The molecular weight excluding hydrogens is 554 g/mol. The van der Waals surface area contributed by atoms with Gasteiger partial charge in [0, 0.05) is 25.3 Å². The van der Waals surface area contributed by atoms with Gasteiger partial charge in [-0.25, -0.2) is 4.39 Å². The molecule has 11 heteroatoms. The summed E-state index contributed by atoms with van der Waals surface area (Å²) in [6.45, 7) is 4.82. The topological polar surface area (TPSA) is 87.7 Å². The molecule has 2 aromatic rings. The number of aromatic nitrogens is 2. The molecule has 0 radical (unpaired) electrons. The van der Waals surface area contributed by atoms with Crippen LogP contribution in [0.4, 0.5) is 4.39 Å². The van der Waals surface area contributed by atoms with Crippen molar-refractivity contribution in [2.24, 2.45) is 11.7 Å². The van der Waals surface area contributed by atoms with Gasteiger partial charge in [0.25, 0.3) is 0 Å². The number of amides is 2. The highest BCUT2D eigenvalue weighted by atomic mass is 35.5. The van der Waals surface area contributed by atoms with Crippen LogP contribution in [0.2, 0.25) is 0 Å². The minimum absolute atomic E-state index is 0. The van der Waals surface area contributed by atoms with Crippen molar-refractivity contribution >= 4 is 36.6 Å². The van der Waals surface area contributed by atoms with Gasteiger partial charge in [0.2, 0.25) is 11.8 Å². The van der Waals surface area contributed by atoms with Gasteiger partial charge in [-0.1, -0.05) is 31.4 Å². The molecule has 5 rings (SSSR count). The molecule has 2 N–H and O–H groups in total. The molecule has 1 aromatic heterocycles. The zero-order chi connectivity index (χ0) is 26.8. The Morgan fingerprint density at radius 3 is 2.42 bits per heavy atom. The molecule has 1 aromatic carbocycles. The van der Waals surface area contributed by atoms with Gasteiger partial charge in [-0.3, -0.25) is 24.1 Å². The van der Waals surface area contributed by atoms with Crippen molar-refractivity contribution < 1.29 is 14.0 Å². The molecule has 1 saturated carbocycles. The number of benzene rings is 1. The molecule has 3 aliphatic rings. The van der Waals surface area contributed by atoms with Crippen LogP contribution in [0.3, 0.4) is 0 Å². The van der Waals surface area contributed by atoms with E-state index in [4.69, 9.17) is 10.8 Å². The van der Waals surface area contributed by atoms with Crippen molar-refractivity contribution in [1.29, 1.82) is 0 Å². The maximum Gasteiger partial charge on any atom is 0.240 e. The molecule has 0 bridgehead atoms. The van der Waals surface area contributed by atoms with Gasteiger partial charge >= 0.3 is 0 Å². The van der Waals surface area contributed by atoms with Crippen LogP contribution in [0.1, 0.15) is 69.2 Å². The maximum absolute atomic E-state index is 14.5. The van der Waals surface area contributed by atoms with Gasteiger partial charge in [0.1, 0.15) is 5.82 Å². The molecule has 1 aliphatic carbocycles. The summed E-state index contributed by atoms with van der Waals surface area (Å²) in [5.41, 5.74) is 7.54. The van der Waals surface area contributed by atoms with Crippen LogP contribution < -0.4 is 5.73 Å². The van der Waals surface area contributed by atoms with Crippen molar-refractivity contribution in [3.63, 3.8) is 0 Å². The van der Waals surface area contributed by atoms with Gasteiger partial charge < -0.3 is 10.6 Å². The largest absolute Gasteiger partial charge is 0.368 e. The molecule has 2 saturated heterocycles. The zero-order valence-corrected chi connectivity index (χ0v) is 25.1. The Kier molecular flexibility index (Phi) is 11.4. The molecule has 0 spiro atoms. The summed E-state index contributed by atoms with van der Waals surface area (Å²) in [6, 6.07) is 7.78. The second-order valence-electron chi connectivity index (χ2n) is 11.4. The number of rotatable bonds is 8. The first-order valence-electron chi connectivity index (χ1n) is 14.2. The average molecular weight is 598 g/mol. The SMILES string of the molecule is C[C@@H](C(N)=O)N(C)[C@H](C(=O)N1C[C@H]2CCCN2C[C@H]1c1ccn(Cc2ccc(F)cc2)n1)C1CCCCC1.Cl.Cl. The molecule has 222 valence electrons. The normalized spacial score (nSPS) is 23.1. The monoisotopic (exact) mass is 596 g/mol. The van der Waals surface area contributed by atoms with Crippen LogP contribution in [0.15, 0.2) is 36.5 Å². The van der Waals surface area contributed by atoms with Gasteiger partial charge in [-0.2, -0.15) is 5.10 Å². The Balaban J connectivity index is 0.00000220. The van der Waals surface area contributed by atoms with E-state index in [-0.39, 0.29) is 54.5 Å². The Bertz CT molecular complexity index is 1130. The van der Waals surface area contributed by atoms with E-state index in [0.29, 0.717) is 19.1 Å². The summed E-state index contributed by atoms with van der Waals surface area (Å²) in [6.07, 6.45) is 9.58. The lowest BCUT2D eigenvalue weighted by Crippen LogP contribution is -2.61. The third-order valence-electron chi connectivity index (χ3n) is 9.04. The van der Waals surface area contributed by atoms with Crippen LogP contribution in [0, 0.1) is 11.7 Å². The van der Waals surface area contributed by atoms with Crippen LogP contribution in [-0.2, 0) is 16.1 Å². The predicted molar refractivity (Wildman–Crippen MR) is 158 cm³/mol. The van der Waals surface area contributed by atoms with Crippen LogP contribution in [0.25, 0.3) is 0 Å². The van der Waals surface area contributed by atoms with Crippen molar-refractivity contribution in [2.45, 2.75) is 82.6 Å². The molecular formula is C29H43Cl2FN6O2. The first-order valence-corrected chi connectivity index (χ1v) is 14.2. The summed E-state index contributed by atoms with van der Waals surface area (Å²) < 4.78 is 15.2. The second-order valence-corrected chi connectivity index (χ2v) is 11.4. The number of piperazine rings is 1. The van der Waals surface area contributed by atoms with E-state index in [2.05, 4.69) is 9.80 Å². The maximum atomic E-state index is 14.5. The quantitative estimate of drug-likeness (QED) is 0.497. The summed E-state index contributed by atoms with van der Waals surface area (Å²) in [4.78, 5) is 33.1. The molecule has 8 nitrogen and oxygen atoms in total. The molecule has 3 heterocycles. The molecule has 3 fully saturated rings. The molecule has 2 aliphatic heterocycles. The van der Waals surface area contributed by atoms with Gasteiger partial charge in [0.05, 0.1) is 30.4 Å². The number of hydrogen-bond donors (Lipinski definition) is 1. The highest BCUT2D eigenvalue weighted by Gasteiger charge is 2.45. The fraction of sp³-hybridized carbons (Fsp3) is 0.621. The Morgan fingerprint density at radius 1 is 1.05 bits per heavy atom. The van der Waals surface area contributed by atoms with Crippen LogP contribution in [0.5, 0.6) is 0 Å². The van der Waals surface area contributed by atoms with Crippen molar-refractivity contribution in [1.82, 2.24) is 24.5 Å². The van der Waals surface area contributed by atoms with Gasteiger partial charge in [0.15, 0.2) is 0 Å².